The van der Waals surface area contributed by atoms with Crippen molar-refractivity contribution in [2.24, 2.45) is 17.2 Å². The third-order valence-corrected chi connectivity index (χ3v) is 2.54. The maximum atomic E-state index is 13.0. The Morgan fingerprint density at radius 2 is 1.32 bits per heavy atom. The molecule has 1 aromatic rings. The van der Waals surface area contributed by atoms with Crippen molar-refractivity contribution in [3.63, 3.8) is 0 Å². The Hall–Kier alpha value is -0.660. The van der Waals surface area contributed by atoms with Crippen LogP contribution in [0.5, 0.6) is 0 Å². The molecule has 0 saturated carbocycles. The van der Waals surface area contributed by atoms with E-state index in [1.807, 2.05) is 0 Å². The van der Waals surface area contributed by atoms with Crippen molar-refractivity contribution in [1.82, 2.24) is 0 Å². The maximum Gasteiger partial charge on any atom is 0.149 e. The summed E-state index contributed by atoms with van der Waals surface area (Å²) >= 11 is 0. The molecule has 4 nitrogen and oxygen atoms in total. The summed E-state index contributed by atoms with van der Waals surface area (Å²) in [6.07, 6.45) is 3.91. The number of halogens is 4. The zero-order valence-electron chi connectivity index (χ0n) is 12.7. The summed E-state index contributed by atoms with van der Waals surface area (Å²) in [5, 5.41) is 2.88. The fourth-order valence-corrected chi connectivity index (χ4v) is 1.41. The van der Waals surface area contributed by atoms with Gasteiger partial charge in [-0.05, 0) is 57.5 Å². The summed E-state index contributed by atoms with van der Waals surface area (Å²) in [5.74, 6) is -1.12. The van der Waals surface area contributed by atoms with E-state index in [2.05, 4.69) is 5.32 Å². The van der Waals surface area contributed by atoms with Crippen LogP contribution in [-0.4, -0.2) is 26.2 Å². The number of hydrogen-bond acceptors (Lipinski definition) is 4. The number of hydrogen-bond donors (Lipinski definition) is 4. The van der Waals surface area contributed by atoms with Crippen molar-refractivity contribution >= 4 is 30.5 Å². The van der Waals surface area contributed by atoms with E-state index in [1.165, 1.54) is 12.1 Å². The number of rotatable bonds is 8. The fourth-order valence-electron chi connectivity index (χ4n) is 1.41. The van der Waals surface area contributed by atoms with Crippen LogP contribution in [0.15, 0.2) is 18.2 Å². The highest BCUT2D eigenvalue weighted by Gasteiger charge is 2.01. The molecule has 8 heteroatoms. The molecule has 0 aliphatic carbocycles. The summed E-state index contributed by atoms with van der Waals surface area (Å²) in [7, 11) is 0. The minimum absolute atomic E-state index is 0. The topological polar surface area (TPSA) is 90.1 Å². The molecule has 0 aliphatic heterocycles. The summed E-state index contributed by atoms with van der Waals surface area (Å²) in [5.41, 5.74) is 16.0. The van der Waals surface area contributed by atoms with Gasteiger partial charge < -0.3 is 22.5 Å². The Labute approximate surface area is 144 Å². The summed E-state index contributed by atoms with van der Waals surface area (Å²) in [4.78, 5) is 0. The molecule has 7 N–H and O–H groups in total. The minimum atomic E-state index is -0.560. The molecule has 1 aromatic carbocycles. The van der Waals surface area contributed by atoms with Gasteiger partial charge in [-0.2, -0.15) is 0 Å². The number of unbranched alkanes of at least 4 members (excludes halogenated alkanes) is 2. The average molecular weight is 361 g/mol. The first-order valence-corrected chi connectivity index (χ1v) is 6.94. The lowest BCUT2D eigenvalue weighted by atomic mass is 10.2. The molecule has 0 heterocycles. The molecule has 0 unspecified atom stereocenters. The van der Waals surface area contributed by atoms with Crippen molar-refractivity contribution in [3.05, 3.63) is 29.8 Å². The first-order valence-electron chi connectivity index (χ1n) is 6.94. The zero-order chi connectivity index (χ0) is 15.2. The van der Waals surface area contributed by atoms with E-state index in [9.17, 15) is 8.78 Å². The van der Waals surface area contributed by atoms with E-state index < -0.39 is 11.6 Å². The molecule has 0 saturated heterocycles. The van der Waals surface area contributed by atoms with Crippen molar-refractivity contribution in [3.8, 4) is 0 Å². The average Bonchev–Trinajstić information content (AvgIpc) is 2.44. The maximum absolute atomic E-state index is 13.0. The number of nitrogens with one attached hydrogen (secondary N) is 1. The van der Waals surface area contributed by atoms with Gasteiger partial charge >= 0.3 is 0 Å². The molecule has 0 fully saturated rings. The van der Waals surface area contributed by atoms with Gasteiger partial charge in [0.15, 0.2) is 0 Å². The first-order chi connectivity index (χ1) is 9.65. The van der Waals surface area contributed by atoms with Crippen LogP contribution in [0.1, 0.15) is 25.7 Å². The zero-order valence-corrected chi connectivity index (χ0v) is 14.3. The summed E-state index contributed by atoms with van der Waals surface area (Å²) in [6.45, 7) is 2.84. The molecule has 0 amide bonds. The first kappa shape index (κ1) is 26.2. The number of benzene rings is 1. The molecule has 0 bridgehead atoms. The second kappa shape index (κ2) is 18.4. The van der Waals surface area contributed by atoms with E-state index in [4.69, 9.17) is 17.2 Å². The Morgan fingerprint density at radius 3 is 1.77 bits per heavy atom. The van der Waals surface area contributed by atoms with Crippen LogP contribution in [0.4, 0.5) is 14.5 Å². The predicted molar refractivity (Wildman–Crippen MR) is 95.0 cm³/mol. The Balaban J connectivity index is -0.000000392. The van der Waals surface area contributed by atoms with Crippen molar-refractivity contribution in [1.29, 1.82) is 0 Å². The van der Waals surface area contributed by atoms with E-state index in [-0.39, 0.29) is 24.8 Å². The largest absolute Gasteiger partial charge is 0.383 e. The van der Waals surface area contributed by atoms with Crippen LogP contribution < -0.4 is 22.5 Å². The quantitative estimate of drug-likeness (QED) is 0.536. The highest BCUT2D eigenvalue weighted by atomic mass is 35.5. The van der Waals surface area contributed by atoms with E-state index in [0.29, 0.717) is 18.8 Å². The summed E-state index contributed by atoms with van der Waals surface area (Å²) in [6, 6.07) is 3.49. The highest BCUT2D eigenvalue weighted by molar-refractivity contribution is 5.85. The summed E-state index contributed by atoms with van der Waals surface area (Å²) < 4.78 is 25.5. The van der Waals surface area contributed by atoms with Crippen molar-refractivity contribution < 1.29 is 8.78 Å². The van der Waals surface area contributed by atoms with Gasteiger partial charge in [-0.1, -0.05) is 0 Å². The molecular weight excluding hydrogens is 333 g/mol. The standard InChI is InChI=1S/C10H14F2N2.C4H12N2.2ClH/c11-8-3-4-10(9(12)7-8)14-6-2-1-5-13;5-3-1-2-4-6;;/h3-4,7,14H,1-2,5-6,13H2;1-6H2;2*1H. The molecule has 22 heavy (non-hydrogen) atoms. The fraction of sp³-hybridized carbons (Fsp3) is 0.571. The smallest absolute Gasteiger partial charge is 0.149 e. The second-order valence-electron chi connectivity index (χ2n) is 4.33. The van der Waals surface area contributed by atoms with Crippen molar-refractivity contribution in [2.75, 3.05) is 31.5 Å². The molecule has 0 radical (unpaired) electrons. The van der Waals surface area contributed by atoms with Crippen molar-refractivity contribution in [2.45, 2.75) is 25.7 Å². The molecule has 0 spiro atoms. The van der Waals surface area contributed by atoms with Crippen LogP contribution in [0.2, 0.25) is 0 Å². The molecule has 1 rings (SSSR count). The lowest BCUT2D eigenvalue weighted by Gasteiger charge is -2.06. The normalized spacial score (nSPS) is 8.95. The van der Waals surface area contributed by atoms with Crippen LogP contribution >= 0.6 is 24.8 Å². The number of nitrogens with two attached hydrogens (primary N) is 3. The number of anilines is 1. The van der Waals surface area contributed by atoms with Gasteiger partial charge in [0.1, 0.15) is 11.6 Å². The van der Waals surface area contributed by atoms with Crippen LogP contribution in [0.25, 0.3) is 0 Å². The molecule has 132 valence electrons. The lowest BCUT2D eigenvalue weighted by molar-refractivity contribution is 0.584. The molecule has 0 aromatic heterocycles. The second-order valence-corrected chi connectivity index (χ2v) is 4.33. The van der Waals surface area contributed by atoms with Gasteiger partial charge in [0.2, 0.25) is 0 Å². The van der Waals surface area contributed by atoms with Crippen LogP contribution in [0, 0.1) is 11.6 Å². The third-order valence-electron chi connectivity index (χ3n) is 2.54. The lowest BCUT2D eigenvalue weighted by Crippen LogP contribution is -2.06. The Bertz CT molecular complexity index is 354. The SMILES string of the molecule is Cl.Cl.NCCCCN.NCCCCNc1ccc(F)cc1F. The molecular formula is C14H28Cl2F2N4. The Morgan fingerprint density at radius 1 is 0.818 bits per heavy atom. The highest BCUT2D eigenvalue weighted by Crippen LogP contribution is 2.14. The third kappa shape index (κ3) is 14.3. The van der Waals surface area contributed by atoms with Crippen LogP contribution in [-0.2, 0) is 0 Å². The van der Waals surface area contributed by atoms with Crippen LogP contribution in [0.3, 0.4) is 0 Å². The van der Waals surface area contributed by atoms with E-state index >= 15 is 0 Å². The Kier molecular flexibility index (Phi) is 21.9. The van der Waals surface area contributed by atoms with E-state index in [0.717, 1.165) is 44.8 Å². The van der Waals surface area contributed by atoms with E-state index in [1.54, 1.807) is 0 Å². The molecule has 0 aliphatic rings. The van der Waals surface area contributed by atoms with Gasteiger partial charge in [-0.25, -0.2) is 8.78 Å². The monoisotopic (exact) mass is 360 g/mol. The molecule has 0 atom stereocenters. The minimum Gasteiger partial charge on any atom is -0.383 e. The predicted octanol–water partition coefficient (Wildman–Crippen LogP) is 2.64. The van der Waals surface area contributed by atoms with Gasteiger partial charge in [0.05, 0.1) is 5.69 Å². The van der Waals surface area contributed by atoms with Gasteiger partial charge in [-0.15, -0.1) is 24.8 Å². The van der Waals surface area contributed by atoms with Gasteiger partial charge in [0.25, 0.3) is 0 Å². The van der Waals surface area contributed by atoms with Gasteiger partial charge in [0, 0.05) is 12.6 Å². The van der Waals surface area contributed by atoms with Gasteiger partial charge in [-0.3, -0.25) is 0 Å².